The summed E-state index contributed by atoms with van der Waals surface area (Å²) in [5.74, 6) is 1.25. The second-order valence-corrected chi connectivity index (χ2v) is 11.8. The molecule has 0 saturated heterocycles. The Kier molecular flexibility index (Phi) is 5.77. The summed E-state index contributed by atoms with van der Waals surface area (Å²) in [5.41, 5.74) is 11.5. The highest BCUT2D eigenvalue weighted by atomic mass is 16.5. The van der Waals surface area contributed by atoms with E-state index in [1.54, 1.807) is 0 Å². The van der Waals surface area contributed by atoms with E-state index in [1.165, 1.54) is 38.7 Å². The average Bonchev–Trinajstić information content (AvgIpc) is 3.47. The molecule has 1 aromatic heterocycles. The SMILES string of the molecule is C1=CC2Oc3cc4cccc5c4c(c3C2C=C1)C=CN5c1cccc(-c2cc(C3=CCCC=C3)nc(-c3ccccc3)c2)c1. The standard InChI is InChI=1S/C41H30N2O/c1-3-11-27(12-4-1)35-24-31(25-36(42-35)28-13-5-2-6-14-28)29-15-9-17-32(23-29)43-22-21-34-40-30(16-10-19-37(40)43)26-39-41(34)33-18-7-8-20-38(33)44-39/h1,3-5,7-26,33,38H,2,6H2. The van der Waals surface area contributed by atoms with Crippen molar-refractivity contribution in [1.29, 1.82) is 0 Å². The van der Waals surface area contributed by atoms with Crippen molar-refractivity contribution in [2.24, 2.45) is 0 Å². The van der Waals surface area contributed by atoms with Gasteiger partial charge in [0.1, 0.15) is 11.9 Å². The smallest absolute Gasteiger partial charge is 0.128 e. The van der Waals surface area contributed by atoms with Gasteiger partial charge in [-0.15, -0.1) is 0 Å². The van der Waals surface area contributed by atoms with Gasteiger partial charge in [-0.3, -0.25) is 0 Å². The lowest BCUT2D eigenvalue weighted by Gasteiger charge is -2.28. The number of fused-ring (bicyclic) bond motifs is 4. The van der Waals surface area contributed by atoms with Gasteiger partial charge in [-0.2, -0.15) is 0 Å². The quantitative estimate of drug-likeness (QED) is 0.216. The summed E-state index contributed by atoms with van der Waals surface area (Å²) in [4.78, 5) is 7.43. The molecule has 0 spiro atoms. The number of nitrogens with zero attached hydrogens (tertiary/aromatic N) is 2. The number of aromatic nitrogens is 1. The molecule has 0 bridgehead atoms. The molecule has 3 heterocycles. The minimum atomic E-state index is 0.0699. The zero-order valence-corrected chi connectivity index (χ0v) is 24.2. The van der Waals surface area contributed by atoms with Crippen LogP contribution in [0.5, 0.6) is 5.75 Å². The van der Waals surface area contributed by atoms with E-state index in [2.05, 4.69) is 151 Å². The number of allylic oxidation sites excluding steroid dienone is 6. The fourth-order valence-electron chi connectivity index (χ4n) is 7.07. The zero-order chi connectivity index (χ0) is 29.0. The fourth-order valence-corrected chi connectivity index (χ4v) is 7.07. The minimum absolute atomic E-state index is 0.0699. The van der Waals surface area contributed by atoms with Crippen LogP contribution in [0.15, 0.2) is 140 Å². The summed E-state index contributed by atoms with van der Waals surface area (Å²) in [6.07, 6.45) is 22.1. The molecule has 2 unspecified atom stereocenters. The van der Waals surface area contributed by atoms with Crippen molar-refractivity contribution in [2.45, 2.75) is 24.9 Å². The second-order valence-electron chi connectivity index (χ2n) is 11.8. The lowest BCUT2D eigenvalue weighted by Crippen LogP contribution is -2.16. The monoisotopic (exact) mass is 566 g/mol. The zero-order valence-electron chi connectivity index (χ0n) is 24.2. The van der Waals surface area contributed by atoms with E-state index >= 15 is 0 Å². The highest BCUT2D eigenvalue weighted by molar-refractivity contribution is 6.07. The maximum absolute atomic E-state index is 6.40. The summed E-state index contributed by atoms with van der Waals surface area (Å²) in [5, 5.41) is 2.48. The molecule has 4 aliphatic rings. The van der Waals surface area contributed by atoms with Crippen LogP contribution in [-0.4, -0.2) is 11.1 Å². The number of rotatable bonds is 4. The predicted octanol–water partition coefficient (Wildman–Crippen LogP) is 10.4. The van der Waals surface area contributed by atoms with Gasteiger partial charge in [-0.25, -0.2) is 4.98 Å². The normalized spacial score (nSPS) is 19.1. The highest BCUT2D eigenvalue weighted by Gasteiger charge is 2.36. The van der Waals surface area contributed by atoms with E-state index < -0.39 is 0 Å². The first-order valence-electron chi connectivity index (χ1n) is 15.4. The van der Waals surface area contributed by atoms with E-state index in [0.29, 0.717) is 0 Å². The largest absolute Gasteiger partial charge is 0.485 e. The average molecular weight is 567 g/mol. The molecule has 3 nitrogen and oxygen atoms in total. The Morgan fingerprint density at radius 1 is 0.727 bits per heavy atom. The molecular weight excluding hydrogens is 536 g/mol. The van der Waals surface area contributed by atoms with E-state index in [4.69, 9.17) is 9.72 Å². The number of ether oxygens (including phenoxy) is 1. The van der Waals surface area contributed by atoms with Gasteiger partial charge in [0.15, 0.2) is 0 Å². The third-order valence-electron chi connectivity index (χ3n) is 9.16. The van der Waals surface area contributed by atoms with Crippen molar-refractivity contribution < 1.29 is 4.74 Å². The van der Waals surface area contributed by atoms with E-state index in [0.717, 1.165) is 46.8 Å². The Morgan fingerprint density at radius 3 is 2.50 bits per heavy atom. The maximum Gasteiger partial charge on any atom is 0.128 e. The van der Waals surface area contributed by atoms with Crippen molar-refractivity contribution in [2.75, 3.05) is 4.90 Å². The molecule has 44 heavy (non-hydrogen) atoms. The van der Waals surface area contributed by atoms with Crippen LogP contribution < -0.4 is 9.64 Å². The molecule has 4 aromatic carbocycles. The Labute approximate surface area is 257 Å². The molecule has 2 atom stereocenters. The Bertz CT molecular complexity index is 2110. The molecule has 0 fully saturated rings. The predicted molar refractivity (Wildman–Crippen MR) is 182 cm³/mol. The molecule has 0 amide bonds. The fraction of sp³-hybridized carbons (Fsp3) is 0.0976. The van der Waals surface area contributed by atoms with Gasteiger partial charge in [0.2, 0.25) is 0 Å². The van der Waals surface area contributed by atoms with Gasteiger partial charge in [-0.05, 0) is 89.0 Å². The second kappa shape index (κ2) is 10.1. The van der Waals surface area contributed by atoms with Crippen LogP contribution in [0.2, 0.25) is 0 Å². The van der Waals surface area contributed by atoms with E-state index in [1.807, 2.05) is 0 Å². The van der Waals surface area contributed by atoms with Crippen LogP contribution in [0.1, 0.15) is 35.6 Å². The molecule has 9 rings (SSSR count). The third kappa shape index (κ3) is 4.08. The molecule has 0 saturated carbocycles. The molecule has 5 aromatic rings. The van der Waals surface area contributed by atoms with Crippen molar-refractivity contribution in [1.82, 2.24) is 4.98 Å². The molecule has 2 aliphatic carbocycles. The first-order valence-corrected chi connectivity index (χ1v) is 15.4. The van der Waals surface area contributed by atoms with Gasteiger partial charge in [0.25, 0.3) is 0 Å². The summed E-state index contributed by atoms with van der Waals surface area (Å²) in [7, 11) is 0. The lowest BCUT2D eigenvalue weighted by molar-refractivity contribution is 0.269. The first-order chi connectivity index (χ1) is 21.8. The first kappa shape index (κ1) is 25.1. The summed E-state index contributed by atoms with van der Waals surface area (Å²) >= 11 is 0. The van der Waals surface area contributed by atoms with Gasteiger partial charge >= 0.3 is 0 Å². The molecule has 0 N–H and O–H groups in total. The molecule has 0 radical (unpaired) electrons. The van der Waals surface area contributed by atoms with Crippen LogP contribution in [0.25, 0.3) is 44.8 Å². The number of hydrogen-bond acceptors (Lipinski definition) is 3. The summed E-state index contributed by atoms with van der Waals surface area (Å²) in [6.45, 7) is 0. The van der Waals surface area contributed by atoms with Crippen molar-refractivity contribution in [3.05, 3.63) is 157 Å². The van der Waals surface area contributed by atoms with Crippen molar-refractivity contribution >= 4 is 33.8 Å². The van der Waals surface area contributed by atoms with Crippen LogP contribution in [0.4, 0.5) is 11.4 Å². The lowest BCUT2D eigenvalue weighted by atomic mass is 9.85. The van der Waals surface area contributed by atoms with Crippen molar-refractivity contribution in [3.63, 3.8) is 0 Å². The summed E-state index contributed by atoms with van der Waals surface area (Å²) in [6, 6.07) is 32.6. The summed E-state index contributed by atoms with van der Waals surface area (Å²) < 4.78 is 6.40. The topological polar surface area (TPSA) is 25.4 Å². The number of pyridine rings is 1. The minimum Gasteiger partial charge on any atom is -0.485 e. The maximum atomic E-state index is 6.40. The van der Waals surface area contributed by atoms with Gasteiger partial charge in [0.05, 0.1) is 17.1 Å². The molecular formula is C41H30N2O. The number of anilines is 2. The number of hydrogen-bond donors (Lipinski definition) is 0. The van der Waals surface area contributed by atoms with E-state index in [-0.39, 0.29) is 12.0 Å². The Hall–Kier alpha value is -5.41. The van der Waals surface area contributed by atoms with Gasteiger partial charge in [0, 0.05) is 34.3 Å². The Morgan fingerprint density at radius 2 is 1.59 bits per heavy atom. The Balaban J connectivity index is 1.15. The van der Waals surface area contributed by atoms with Crippen LogP contribution in [-0.2, 0) is 0 Å². The highest BCUT2D eigenvalue weighted by Crippen LogP contribution is 2.50. The molecule has 210 valence electrons. The number of benzene rings is 4. The van der Waals surface area contributed by atoms with Gasteiger partial charge in [-0.1, -0.05) is 91.1 Å². The molecule has 2 aliphatic heterocycles. The van der Waals surface area contributed by atoms with Crippen LogP contribution >= 0.6 is 0 Å². The van der Waals surface area contributed by atoms with Crippen LogP contribution in [0.3, 0.4) is 0 Å². The van der Waals surface area contributed by atoms with Crippen LogP contribution in [0, 0.1) is 0 Å². The van der Waals surface area contributed by atoms with Gasteiger partial charge < -0.3 is 9.64 Å². The third-order valence-corrected chi connectivity index (χ3v) is 9.16. The van der Waals surface area contributed by atoms with E-state index in [9.17, 15) is 0 Å². The van der Waals surface area contributed by atoms with Crippen molar-refractivity contribution in [3.8, 4) is 28.1 Å². The molecule has 3 heteroatoms.